The summed E-state index contributed by atoms with van der Waals surface area (Å²) in [5.41, 5.74) is 0.363. The second kappa shape index (κ2) is 10.2. The zero-order chi connectivity index (χ0) is 24.1. The van der Waals surface area contributed by atoms with Gasteiger partial charge in [0.15, 0.2) is 0 Å². The van der Waals surface area contributed by atoms with E-state index in [-0.39, 0.29) is 12.3 Å². The fraction of sp³-hybridized carbons (Fsp3) is 0.542. The van der Waals surface area contributed by atoms with Crippen molar-refractivity contribution in [2.75, 3.05) is 6.61 Å². The molecule has 0 saturated carbocycles. The van der Waals surface area contributed by atoms with Crippen LogP contribution in [0.2, 0.25) is 0 Å². The molecule has 1 atom stereocenters. The molecule has 1 N–H and O–H groups in total. The molecule has 32 heavy (non-hydrogen) atoms. The normalized spacial score (nSPS) is 13.7. The molecule has 0 aromatic carbocycles. The van der Waals surface area contributed by atoms with Gasteiger partial charge >= 0.3 is 6.09 Å². The molecule has 0 radical (unpaired) electrons. The summed E-state index contributed by atoms with van der Waals surface area (Å²) >= 11 is 0. The Morgan fingerprint density at radius 1 is 1.16 bits per heavy atom. The topological polar surface area (TPSA) is 73.3 Å². The predicted octanol–water partition coefficient (Wildman–Crippen LogP) is 6.10. The van der Waals surface area contributed by atoms with Crippen LogP contribution in [-0.2, 0) is 4.74 Å². The van der Waals surface area contributed by atoms with Gasteiger partial charge in [-0.1, -0.05) is 13.8 Å². The Morgan fingerprint density at radius 3 is 2.41 bits per heavy atom. The number of aryl methyl sites for hydroxylation is 1. The smallest absolute Gasteiger partial charge is 0.408 e. The van der Waals surface area contributed by atoms with Gasteiger partial charge in [-0.25, -0.2) is 13.6 Å². The summed E-state index contributed by atoms with van der Waals surface area (Å²) in [5.74, 6) is 0.869. The Labute approximate surface area is 188 Å². The van der Waals surface area contributed by atoms with Crippen molar-refractivity contribution in [3.05, 3.63) is 41.9 Å². The summed E-state index contributed by atoms with van der Waals surface area (Å²) < 4.78 is 37.3. The van der Waals surface area contributed by atoms with E-state index < -0.39 is 23.7 Å². The van der Waals surface area contributed by atoms with Gasteiger partial charge < -0.3 is 14.8 Å². The Hall–Kier alpha value is -2.77. The van der Waals surface area contributed by atoms with Crippen LogP contribution < -0.4 is 10.1 Å². The molecule has 0 fully saturated rings. The molecule has 2 rings (SSSR count). The van der Waals surface area contributed by atoms with Crippen molar-refractivity contribution in [3.8, 4) is 17.0 Å². The fourth-order valence-corrected chi connectivity index (χ4v) is 3.41. The molecule has 1 amide bonds. The molecule has 8 heteroatoms. The Kier molecular flexibility index (Phi) is 8.15. The first kappa shape index (κ1) is 25.5. The van der Waals surface area contributed by atoms with Crippen molar-refractivity contribution in [2.45, 2.75) is 72.5 Å². The third kappa shape index (κ3) is 7.73. The van der Waals surface area contributed by atoms with Gasteiger partial charge in [-0.2, -0.15) is 0 Å². The van der Waals surface area contributed by atoms with Crippen molar-refractivity contribution in [2.24, 2.45) is 5.92 Å². The molecule has 0 aliphatic rings. The molecule has 176 valence electrons. The largest absolute Gasteiger partial charge is 0.489 e. The SMILES string of the molecule is Cc1cc(-c2ccnc(C(F)F)c2)ncc1OCC(C)(CC(C)C)NC(=O)OC(C)(C)C. The minimum atomic E-state index is -2.64. The van der Waals surface area contributed by atoms with Crippen LogP contribution in [0.4, 0.5) is 13.6 Å². The molecule has 2 aromatic heterocycles. The first-order valence-electron chi connectivity index (χ1n) is 10.6. The summed E-state index contributed by atoms with van der Waals surface area (Å²) in [6.07, 6.45) is 0.454. The Bertz CT molecular complexity index is 929. The van der Waals surface area contributed by atoms with Crippen molar-refractivity contribution < 1.29 is 23.0 Å². The lowest BCUT2D eigenvalue weighted by Gasteiger charge is -2.33. The maximum absolute atomic E-state index is 12.9. The Balaban J connectivity index is 2.16. The molecular weight excluding hydrogens is 416 g/mol. The number of pyridine rings is 2. The highest BCUT2D eigenvalue weighted by molar-refractivity contribution is 5.68. The number of nitrogens with one attached hydrogen (secondary N) is 1. The maximum atomic E-state index is 12.9. The third-order valence-corrected chi connectivity index (χ3v) is 4.57. The van der Waals surface area contributed by atoms with Crippen LogP contribution in [0.1, 0.15) is 65.6 Å². The van der Waals surface area contributed by atoms with Gasteiger partial charge in [0, 0.05) is 11.8 Å². The van der Waals surface area contributed by atoms with Gasteiger partial charge in [-0.15, -0.1) is 0 Å². The number of hydrogen-bond acceptors (Lipinski definition) is 5. The standard InChI is InChI=1S/C24H33F2N3O3/c1-15(2)12-24(7,29-22(30)32-23(4,5)6)14-31-20-13-28-18(10-16(20)3)17-8-9-27-19(11-17)21(25)26/h8-11,13,15,21H,12,14H2,1-7H3,(H,29,30). The molecule has 2 heterocycles. The number of carbonyl (C=O) groups is 1. The first-order chi connectivity index (χ1) is 14.8. The van der Waals surface area contributed by atoms with E-state index in [0.29, 0.717) is 29.3 Å². The zero-order valence-corrected chi connectivity index (χ0v) is 19.8. The van der Waals surface area contributed by atoms with Crippen molar-refractivity contribution in [1.29, 1.82) is 0 Å². The first-order valence-corrected chi connectivity index (χ1v) is 10.6. The highest BCUT2D eigenvalue weighted by Crippen LogP contribution is 2.27. The van der Waals surface area contributed by atoms with Crippen LogP contribution in [-0.4, -0.2) is 33.8 Å². The van der Waals surface area contributed by atoms with Crippen LogP contribution in [0.3, 0.4) is 0 Å². The van der Waals surface area contributed by atoms with Gasteiger partial charge in [0.25, 0.3) is 6.43 Å². The van der Waals surface area contributed by atoms with Gasteiger partial charge in [0.2, 0.25) is 0 Å². The molecule has 0 aliphatic carbocycles. The molecule has 0 aliphatic heterocycles. The van der Waals surface area contributed by atoms with Crippen LogP contribution >= 0.6 is 0 Å². The number of aromatic nitrogens is 2. The third-order valence-electron chi connectivity index (χ3n) is 4.57. The second-order valence-electron chi connectivity index (χ2n) is 9.68. The van der Waals surface area contributed by atoms with Gasteiger partial charge in [0.05, 0.1) is 17.4 Å². The highest BCUT2D eigenvalue weighted by atomic mass is 19.3. The van der Waals surface area contributed by atoms with E-state index in [1.165, 1.54) is 12.3 Å². The fourth-order valence-electron chi connectivity index (χ4n) is 3.41. The van der Waals surface area contributed by atoms with Crippen LogP contribution in [0.25, 0.3) is 11.3 Å². The molecule has 0 bridgehead atoms. The number of carbonyl (C=O) groups excluding carboxylic acids is 1. The zero-order valence-electron chi connectivity index (χ0n) is 19.8. The number of halogens is 2. The van der Waals surface area contributed by atoms with Crippen molar-refractivity contribution in [1.82, 2.24) is 15.3 Å². The molecule has 1 unspecified atom stereocenters. The van der Waals surface area contributed by atoms with E-state index >= 15 is 0 Å². The average Bonchev–Trinajstić information content (AvgIpc) is 2.64. The van der Waals surface area contributed by atoms with E-state index in [9.17, 15) is 13.6 Å². The second-order valence-corrected chi connectivity index (χ2v) is 9.68. The van der Waals surface area contributed by atoms with Gasteiger partial charge in [-0.05, 0) is 70.7 Å². The summed E-state index contributed by atoms with van der Waals surface area (Å²) in [4.78, 5) is 20.4. The number of amides is 1. The summed E-state index contributed by atoms with van der Waals surface area (Å²) in [6.45, 7) is 13.6. The van der Waals surface area contributed by atoms with E-state index in [2.05, 4.69) is 29.1 Å². The molecule has 0 spiro atoms. The van der Waals surface area contributed by atoms with E-state index in [4.69, 9.17) is 9.47 Å². The number of alkyl carbamates (subject to hydrolysis) is 1. The monoisotopic (exact) mass is 449 g/mol. The molecular formula is C24H33F2N3O3. The lowest BCUT2D eigenvalue weighted by atomic mass is 9.91. The molecule has 0 saturated heterocycles. The number of alkyl halides is 2. The lowest BCUT2D eigenvalue weighted by molar-refractivity contribution is 0.0407. The summed E-state index contributed by atoms with van der Waals surface area (Å²) in [7, 11) is 0. The minimum absolute atomic E-state index is 0.219. The number of hydrogen-bond donors (Lipinski definition) is 1. The predicted molar refractivity (Wildman–Crippen MR) is 120 cm³/mol. The summed E-state index contributed by atoms with van der Waals surface area (Å²) in [5, 5.41) is 2.94. The van der Waals surface area contributed by atoms with E-state index in [0.717, 1.165) is 5.56 Å². The molecule has 2 aromatic rings. The van der Waals surface area contributed by atoms with Gasteiger partial charge in [0.1, 0.15) is 23.7 Å². The maximum Gasteiger partial charge on any atom is 0.408 e. The average molecular weight is 450 g/mol. The number of rotatable bonds is 8. The van der Waals surface area contributed by atoms with Crippen LogP contribution in [0.15, 0.2) is 30.6 Å². The number of nitrogens with zero attached hydrogens (tertiary/aromatic N) is 2. The van der Waals surface area contributed by atoms with Crippen LogP contribution in [0.5, 0.6) is 5.75 Å². The van der Waals surface area contributed by atoms with Crippen molar-refractivity contribution >= 4 is 6.09 Å². The summed E-state index contributed by atoms with van der Waals surface area (Å²) in [6, 6.07) is 4.75. The minimum Gasteiger partial charge on any atom is -0.489 e. The highest BCUT2D eigenvalue weighted by Gasteiger charge is 2.31. The molecule has 6 nitrogen and oxygen atoms in total. The van der Waals surface area contributed by atoms with Gasteiger partial charge in [-0.3, -0.25) is 9.97 Å². The van der Waals surface area contributed by atoms with E-state index in [1.54, 1.807) is 18.3 Å². The van der Waals surface area contributed by atoms with E-state index in [1.807, 2.05) is 34.6 Å². The quantitative estimate of drug-likeness (QED) is 0.527. The lowest BCUT2D eigenvalue weighted by Crippen LogP contribution is -2.52. The van der Waals surface area contributed by atoms with Crippen LogP contribution in [0, 0.1) is 12.8 Å². The van der Waals surface area contributed by atoms with Crippen molar-refractivity contribution in [3.63, 3.8) is 0 Å². The Morgan fingerprint density at radius 2 is 1.84 bits per heavy atom. The number of ether oxygens (including phenoxy) is 2.